The molecule has 0 amide bonds. The van der Waals surface area contributed by atoms with Gasteiger partial charge in [0.05, 0.1) is 18.0 Å². The molecule has 0 spiro atoms. The number of pyridine rings is 1. The van der Waals surface area contributed by atoms with Gasteiger partial charge in [-0.2, -0.15) is 5.26 Å². The Morgan fingerprint density at radius 3 is 2.73 bits per heavy atom. The molecular weight excluding hydrogens is 216 g/mol. The van der Waals surface area contributed by atoms with E-state index in [0.29, 0.717) is 5.69 Å². The number of nitrogen functional groups attached to an aromatic ring is 1. The zero-order valence-corrected chi connectivity index (χ0v) is 8.82. The number of nitrogens with one attached hydrogen (secondary N) is 1. The van der Waals surface area contributed by atoms with Crippen molar-refractivity contribution in [3.8, 4) is 6.07 Å². The number of nitrogens with two attached hydrogens (primary N) is 1. The van der Waals surface area contributed by atoms with Gasteiger partial charge >= 0.3 is 0 Å². The van der Waals surface area contributed by atoms with Crippen molar-refractivity contribution < 1.29 is 8.42 Å². The normalized spacial score (nSPS) is 12.8. The van der Waals surface area contributed by atoms with Crippen LogP contribution in [-0.2, 0) is 10.0 Å². The molecule has 0 saturated heterocycles. The lowest BCUT2D eigenvalue weighted by Crippen LogP contribution is -2.24. The fourth-order valence-electron chi connectivity index (χ4n) is 0.769. The Hall–Kier alpha value is -1.81. The number of rotatable bonds is 3. The summed E-state index contributed by atoms with van der Waals surface area (Å²) in [4.78, 5) is 3.76. The minimum absolute atomic E-state index is 0.145. The van der Waals surface area contributed by atoms with Gasteiger partial charge in [-0.15, -0.1) is 0 Å². The van der Waals surface area contributed by atoms with Gasteiger partial charge in [-0.1, -0.05) is 0 Å². The summed E-state index contributed by atoms with van der Waals surface area (Å²) in [6.07, 6.45) is 1.33. The molecule has 7 heteroatoms. The van der Waals surface area contributed by atoms with E-state index in [4.69, 9.17) is 11.0 Å². The molecule has 1 heterocycles. The summed E-state index contributed by atoms with van der Waals surface area (Å²) in [6.45, 7) is 1.29. The van der Waals surface area contributed by atoms with Crippen molar-refractivity contribution in [2.45, 2.75) is 12.2 Å². The van der Waals surface area contributed by atoms with Gasteiger partial charge in [-0.05, 0) is 19.1 Å². The van der Waals surface area contributed by atoms with Crippen LogP contribution >= 0.6 is 0 Å². The molecule has 1 unspecified atom stereocenters. The molecule has 1 atom stereocenters. The molecule has 6 nitrogen and oxygen atoms in total. The van der Waals surface area contributed by atoms with Crippen LogP contribution in [0.25, 0.3) is 0 Å². The van der Waals surface area contributed by atoms with Gasteiger partial charge in [0.15, 0.2) is 5.25 Å². The molecule has 0 aliphatic rings. The molecule has 0 aromatic carbocycles. The molecule has 1 rings (SSSR count). The van der Waals surface area contributed by atoms with E-state index in [0.717, 1.165) is 0 Å². The van der Waals surface area contributed by atoms with Crippen molar-refractivity contribution in [2.75, 3.05) is 10.5 Å². The van der Waals surface area contributed by atoms with Gasteiger partial charge in [-0.3, -0.25) is 4.72 Å². The summed E-state index contributed by atoms with van der Waals surface area (Å²) < 4.78 is 25.0. The first-order valence-electron chi connectivity index (χ1n) is 4.08. The molecule has 0 aliphatic carbocycles. The number of hydrogen-bond donors (Lipinski definition) is 2. The topological polar surface area (TPSA) is 109 Å². The Morgan fingerprint density at radius 2 is 2.27 bits per heavy atom. The maximum absolute atomic E-state index is 11.4. The Morgan fingerprint density at radius 1 is 1.60 bits per heavy atom. The zero-order valence-electron chi connectivity index (χ0n) is 8.01. The number of aromatic nitrogens is 1. The maximum Gasteiger partial charge on any atom is 0.250 e. The van der Waals surface area contributed by atoms with Gasteiger partial charge in [0.25, 0.3) is 0 Å². The van der Waals surface area contributed by atoms with Crippen molar-refractivity contribution in [1.82, 2.24) is 4.98 Å². The van der Waals surface area contributed by atoms with Crippen LogP contribution in [0.15, 0.2) is 18.3 Å². The number of sulfonamides is 1. The third-order valence-corrected chi connectivity index (χ3v) is 3.21. The van der Waals surface area contributed by atoms with Crippen LogP contribution in [-0.4, -0.2) is 18.7 Å². The molecule has 1 aromatic rings. The van der Waals surface area contributed by atoms with E-state index < -0.39 is 15.3 Å². The second-order valence-electron chi connectivity index (χ2n) is 2.90. The second kappa shape index (κ2) is 4.14. The van der Waals surface area contributed by atoms with Gasteiger partial charge in [0, 0.05) is 0 Å². The largest absolute Gasteiger partial charge is 0.397 e. The summed E-state index contributed by atoms with van der Waals surface area (Å²) in [7, 11) is -3.69. The van der Waals surface area contributed by atoms with E-state index >= 15 is 0 Å². The fourth-order valence-corrected chi connectivity index (χ4v) is 1.50. The third-order valence-electron chi connectivity index (χ3n) is 1.68. The van der Waals surface area contributed by atoms with Crippen molar-refractivity contribution in [1.29, 1.82) is 5.26 Å². The number of hydrogen-bond acceptors (Lipinski definition) is 5. The average molecular weight is 226 g/mol. The van der Waals surface area contributed by atoms with Crippen molar-refractivity contribution in [2.24, 2.45) is 0 Å². The molecular formula is C8H10N4O2S. The molecule has 0 fully saturated rings. The Balaban J connectivity index is 2.88. The Labute approximate surface area is 87.8 Å². The van der Waals surface area contributed by atoms with Crippen molar-refractivity contribution in [3.63, 3.8) is 0 Å². The zero-order chi connectivity index (χ0) is 11.5. The summed E-state index contributed by atoms with van der Waals surface area (Å²) in [5.41, 5.74) is 5.82. The van der Waals surface area contributed by atoms with Crippen LogP contribution in [0.5, 0.6) is 0 Å². The van der Waals surface area contributed by atoms with Crippen LogP contribution in [0, 0.1) is 11.3 Å². The predicted octanol–water partition coefficient (Wildman–Crippen LogP) is 0.318. The lowest BCUT2D eigenvalue weighted by molar-refractivity contribution is 0.597. The van der Waals surface area contributed by atoms with Crippen LogP contribution in [0.3, 0.4) is 0 Å². The van der Waals surface area contributed by atoms with E-state index in [1.807, 2.05) is 0 Å². The highest BCUT2D eigenvalue weighted by Gasteiger charge is 2.20. The van der Waals surface area contributed by atoms with Crippen molar-refractivity contribution in [3.05, 3.63) is 18.3 Å². The molecule has 0 radical (unpaired) electrons. The maximum atomic E-state index is 11.4. The summed E-state index contributed by atoms with van der Waals surface area (Å²) in [5.74, 6) is 0.145. The van der Waals surface area contributed by atoms with Gasteiger partial charge in [0.1, 0.15) is 5.82 Å². The van der Waals surface area contributed by atoms with Crippen molar-refractivity contribution >= 4 is 21.5 Å². The molecule has 0 aliphatic heterocycles. The molecule has 0 saturated carbocycles. The first-order valence-corrected chi connectivity index (χ1v) is 5.63. The highest BCUT2D eigenvalue weighted by atomic mass is 32.2. The number of nitriles is 1. The minimum atomic E-state index is -3.69. The van der Waals surface area contributed by atoms with E-state index in [2.05, 4.69) is 9.71 Å². The molecule has 15 heavy (non-hydrogen) atoms. The summed E-state index contributed by atoms with van der Waals surface area (Å²) >= 11 is 0. The van der Waals surface area contributed by atoms with E-state index in [1.54, 1.807) is 6.07 Å². The second-order valence-corrected chi connectivity index (χ2v) is 4.90. The first kappa shape index (κ1) is 11.3. The van der Waals surface area contributed by atoms with Gasteiger partial charge in [0.2, 0.25) is 10.0 Å². The van der Waals surface area contributed by atoms with E-state index in [-0.39, 0.29) is 5.82 Å². The SMILES string of the molecule is CC(C#N)S(=O)(=O)Nc1ccc(N)cn1. The minimum Gasteiger partial charge on any atom is -0.397 e. The molecule has 80 valence electrons. The third kappa shape index (κ3) is 2.82. The molecule has 1 aromatic heterocycles. The smallest absolute Gasteiger partial charge is 0.250 e. The van der Waals surface area contributed by atoms with Crippen LogP contribution in [0.1, 0.15) is 6.92 Å². The van der Waals surface area contributed by atoms with Crippen LogP contribution in [0.2, 0.25) is 0 Å². The number of nitrogens with zero attached hydrogens (tertiary/aromatic N) is 2. The predicted molar refractivity (Wildman–Crippen MR) is 56.3 cm³/mol. The lowest BCUT2D eigenvalue weighted by atomic mass is 10.4. The van der Waals surface area contributed by atoms with Gasteiger partial charge in [-0.25, -0.2) is 13.4 Å². The lowest BCUT2D eigenvalue weighted by Gasteiger charge is -2.07. The Kier molecular flexibility index (Phi) is 3.11. The van der Waals surface area contributed by atoms with E-state index in [9.17, 15) is 8.42 Å². The average Bonchev–Trinajstić information content (AvgIpc) is 2.20. The Bertz CT molecular complexity index is 474. The highest BCUT2D eigenvalue weighted by molar-refractivity contribution is 7.93. The summed E-state index contributed by atoms with van der Waals surface area (Å²) in [6, 6.07) is 4.58. The van der Waals surface area contributed by atoms with E-state index in [1.165, 1.54) is 25.3 Å². The van der Waals surface area contributed by atoms with Crippen LogP contribution in [0.4, 0.5) is 11.5 Å². The summed E-state index contributed by atoms with van der Waals surface area (Å²) in [5, 5.41) is 7.36. The number of anilines is 2. The quantitative estimate of drug-likeness (QED) is 0.771. The standard InChI is InChI=1S/C8H10N4O2S/c1-6(4-9)15(13,14)12-8-3-2-7(10)5-11-8/h2-3,5-6H,10H2,1H3,(H,11,12). The molecule has 3 N–H and O–H groups in total. The first-order chi connectivity index (χ1) is 6.95. The van der Waals surface area contributed by atoms with Gasteiger partial charge < -0.3 is 5.73 Å². The highest BCUT2D eigenvalue weighted by Crippen LogP contribution is 2.10. The fraction of sp³-hybridized carbons (Fsp3) is 0.250. The van der Waals surface area contributed by atoms with Crippen LogP contribution < -0.4 is 10.5 Å². The monoisotopic (exact) mass is 226 g/mol. The molecule has 0 bridgehead atoms.